The maximum Gasteiger partial charge on any atom is 0.0515 e. The number of hydrogen-bond donors (Lipinski definition) is 1. The second-order valence-corrected chi connectivity index (χ2v) is 3.70. The third-order valence-corrected chi connectivity index (χ3v) is 2.29. The van der Waals surface area contributed by atoms with Crippen LogP contribution in [0.1, 0.15) is 53.4 Å². The average molecular weight is 170 g/mol. The van der Waals surface area contributed by atoms with Crippen LogP contribution in [-0.2, 0) is 0 Å². The minimum absolute atomic E-state index is 0.158. The molecule has 0 aliphatic rings. The van der Waals surface area contributed by atoms with Gasteiger partial charge in [-0.25, -0.2) is 0 Å². The monoisotopic (exact) mass is 170 g/mol. The minimum Gasteiger partial charge on any atom is -0.393 e. The Morgan fingerprint density at radius 3 is 2.08 bits per heavy atom. The first-order chi connectivity index (χ1) is 5.57. The molecule has 0 aromatic rings. The van der Waals surface area contributed by atoms with Crippen molar-refractivity contribution in [2.75, 3.05) is 0 Å². The Morgan fingerprint density at radius 2 is 1.67 bits per heavy atom. The molecule has 1 unspecified atom stereocenters. The molecule has 1 nitrogen and oxygen atoms in total. The van der Waals surface area contributed by atoms with Crippen LogP contribution in [0.5, 0.6) is 0 Å². The Labute approximate surface area is 76.5 Å². The van der Waals surface area contributed by atoms with E-state index < -0.39 is 0 Å². The zero-order valence-corrected chi connectivity index (χ0v) is 8.85. The predicted molar refractivity (Wildman–Crippen MR) is 54.2 cm³/mol. The minimum atomic E-state index is -0.158. The molecule has 0 aromatic carbocycles. The van der Waals surface area contributed by atoms with Gasteiger partial charge in [0.05, 0.1) is 6.10 Å². The smallest absolute Gasteiger partial charge is 0.0515 e. The summed E-state index contributed by atoms with van der Waals surface area (Å²) in [5.74, 6) is 0. The van der Waals surface area contributed by atoms with E-state index in [9.17, 15) is 0 Å². The molecule has 0 aliphatic heterocycles. The summed E-state index contributed by atoms with van der Waals surface area (Å²) >= 11 is 0. The van der Waals surface area contributed by atoms with Crippen molar-refractivity contribution in [1.29, 1.82) is 0 Å². The van der Waals surface area contributed by atoms with Crippen molar-refractivity contribution in [2.45, 2.75) is 59.5 Å². The molecule has 0 fully saturated rings. The molecule has 0 radical (unpaired) electrons. The number of rotatable bonds is 5. The Kier molecular flexibility index (Phi) is 6.09. The first-order valence-corrected chi connectivity index (χ1v) is 4.91. The molecule has 72 valence electrons. The summed E-state index contributed by atoms with van der Waals surface area (Å²) in [5, 5.41) is 9.09. The van der Waals surface area contributed by atoms with Gasteiger partial charge in [0, 0.05) is 0 Å². The Hall–Kier alpha value is -0.300. The van der Waals surface area contributed by atoms with Crippen LogP contribution in [0.25, 0.3) is 0 Å². The third kappa shape index (κ3) is 5.36. The molecule has 1 N–H and O–H groups in total. The van der Waals surface area contributed by atoms with Crippen LogP contribution < -0.4 is 0 Å². The lowest BCUT2D eigenvalue weighted by Gasteiger charge is -2.08. The van der Waals surface area contributed by atoms with Gasteiger partial charge in [-0.05, 0) is 40.0 Å². The van der Waals surface area contributed by atoms with Crippen molar-refractivity contribution in [3.8, 4) is 0 Å². The highest BCUT2D eigenvalue weighted by molar-refractivity contribution is 5.09. The molecule has 1 heteroatoms. The van der Waals surface area contributed by atoms with E-state index in [4.69, 9.17) is 5.11 Å². The summed E-state index contributed by atoms with van der Waals surface area (Å²) < 4.78 is 0. The maximum atomic E-state index is 9.09. The summed E-state index contributed by atoms with van der Waals surface area (Å²) in [6.07, 6.45) is 4.20. The van der Waals surface area contributed by atoms with Crippen LogP contribution in [0.2, 0.25) is 0 Å². The second kappa shape index (κ2) is 6.24. The quantitative estimate of drug-likeness (QED) is 0.628. The molecular formula is C11H22O. The first kappa shape index (κ1) is 11.7. The van der Waals surface area contributed by atoms with E-state index in [1.807, 2.05) is 6.92 Å². The highest BCUT2D eigenvalue weighted by Gasteiger charge is 1.99. The van der Waals surface area contributed by atoms with E-state index in [0.717, 1.165) is 12.8 Å². The molecule has 0 aliphatic carbocycles. The van der Waals surface area contributed by atoms with Crippen molar-refractivity contribution in [1.82, 2.24) is 0 Å². The maximum absolute atomic E-state index is 9.09. The SMILES string of the molecule is CCCC(C)=C(C)CCC(C)O. The molecule has 12 heavy (non-hydrogen) atoms. The number of aliphatic hydroxyl groups excluding tert-OH is 1. The van der Waals surface area contributed by atoms with Crippen molar-refractivity contribution in [3.05, 3.63) is 11.1 Å². The lowest BCUT2D eigenvalue weighted by atomic mass is 10.0. The summed E-state index contributed by atoms with van der Waals surface area (Å²) in [4.78, 5) is 0. The molecular weight excluding hydrogens is 148 g/mol. The molecule has 1 atom stereocenters. The van der Waals surface area contributed by atoms with Crippen molar-refractivity contribution in [3.63, 3.8) is 0 Å². The van der Waals surface area contributed by atoms with Crippen LogP contribution in [0, 0.1) is 0 Å². The van der Waals surface area contributed by atoms with Crippen LogP contribution in [0.15, 0.2) is 11.1 Å². The molecule has 0 amide bonds. The zero-order chi connectivity index (χ0) is 9.56. The fourth-order valence-corrected chi connectivity index (χ4v) is 1.23. The molecule has 0 saturated heterocycles. The van der Waals surface area contributed by atoms with Crippen LogP contribution in [-0.4, -0.2) is 11.2 Å². The summed E-state index contributed by atoms with van der Waals surface area (Å²) in [5.41, 5.74) is 2.95. The molecule has 0 heterocycles. The Bertz CT molecular complexity index is 145. The largest absolute Gasteiger partial charge is 0.393 e. The lowest BCUT2D eigenvalue weighted by molar-refractivity contribution is 0.185. The van der Waals surface area contributed by atoms with Crippen molar-refractivity contribution >= 4 is 0 Å². The van der Waals surface area contributed by atoms with Crippen molar-refractivity contribution < 1.29 is 5.11 Å². The standard InChI is InChI=1S/C11H22O/c1-5-6-9(2)10(3)7-8-11(4)12/h11-12H,5-8H2,1-4H3. The summed E-state index contributed by atoms with van der Waals surface area (Å²) in [6, 6.07) is 0. The fraction of sp³-hybridized carbons (Fsp3) is 0.818. The molecule has 0 rings (SSSR count). The highest BCUT2D eigenvalue weighted by Crippen LogP contribution is 2.15. The third-order valence-electron chi connectivity index (χ3n) is 2.29. The van der Waals surface area contributed by atoms with E-state index in [0.29, 0.717) is 0 Å². The van der Waals surface area contributed by atoms with E-state index in [1.165, 1.54) is 24.0 Å². The van der Waals surface area contributed by atoms with E-state index in [1.54, 1.807) is 0 Å². The van der Waals surface area contributed by atoms with E-state index >= 15 is 0 Å². The average Bonchev–Trinajstić information content (AvgIpc) is 2.00. The number of hydrogen-bond acceptors (Lipinski definition) is 1. The van der Waals surface area contributed by atoms with E-state index in [-0.39, 0.29) is 6.10 Å². The van der Waals surface area contributed by atoms with Gasteiger partial charge in [-0.15, -0.1) is 0 Å². The van der Waals surface area contributed by atoms with Crippen LogP contribution in [0.4, 0.5) is 0 Å². The highest BCUT2D eigenvalue weighted by atomic mass is 16.3. The van der Waals surface area contributed by atoms with Crippen molar-refractivity contribution in [2.24, 2.45) is 0 Å². The van der Waals surface area contributed by atoms with Gasteiger partial charge in [0.15, 0.2) is 0 Å². The van der Waals surface area contributed by atoms with Gasteiger partial charge >= 0.3 is 0 Å². The molecule has 0 aromatic heterocycles. The van der Waals surface area contributed by atoms with Gasteiger partial charge in [-0.2, -0.15) is 0 Å². The normalized spacial score (nSPS) is 15.8. The lowest BCUT2D eigenvalue weighted by Crippen LogP contribution is -1.99. The van der Waals surface area contributed by atoms with Gasteiger partial charge in [0.25, 0.3) is 0 Å². The fourth-order valence-electron chi connectivity index (χ4n) is 1.23. The first-order valence-electron chi connectivity index (χ1n) is 4.91. The summed E-state index contributed by atoms with van der Waals surface area (Å²) in [6.45, 7) is 8.42. The van der Waals surface area contributed by atoms with Gasteiger partial charge in [0.1, 0.15) is 0 Å². The van der Waals surface area contributed by atoms with Crippen LogP contribution >= 0.6 is 0 Å². The molecule has 0 saturated carbocycles. The summed E-state index contributed by atoms with van der Waals surface area (Å²) in [7, 11) is 0. The van der Waals surface area contributed by atoms with E-state index in [2.05, 4.69) is 20.8 Å². The molecule has 0 bridgehead atoms. The zero-order valence-electron chi connectivity index (χ0n) is 8.85. The second-order valence-electron chi connectivity index (χ2n) is 3.70. The predicted octanol–water partition coefficient (Wildman–Crippen LogP) is 3.28. The Morgan fingerprint density at radius 1 is 1.17 bits per heavy atom. The molecule has 0 spiro atoms. The number of allylic oxidation sites excluding steroid dienone is 2. The van der Waals surface area contributed by atoms with Crippen LogP contribution in [0.3, 0.4) is 0 Å². The van der Waals surface area contributed by atoms with Gasteiger partial charge < -0.3 is 5.11 Å². The van der Waals surface area contributed by atoms with Gasteiger partial charge in [-0.1, -0.05) is 24.5 Å². The van der Waals surface area contributed by atoms with Gasteiger partial charge in [0.2, 0.25) is 0 Å². The van der Waals surface area contributed by atoms with Gasteiger partial charge in [-0.3, -0.25) is 0 Å². The number of aliphatic hydroxyl groups is 1. The Balaban J connectivity index is 3.82. The topological polar surface area (TPSA) is 20.2 Å².